The molecule has 1 heterocycles. The molecule has 4 aromatic rings. The molecule has 5 rings (SSSR count). The van der Waals surface area contributed by atoms with E-state index in [4.69, 9.17) is 50.9 Å². The monoisotopic (exact) mass is 623 g/mol. The maximum absolute atomic E-state index is 12.7. The molecule has 1 N–H and O–H groups in total. The van der Waals surface area contributed by atoms with Gasteiger partial charge in [0.05, 0.1) is 27.7 Å². The number of hydrogen-bond acceptors (Lipinski definition) is 6. The van der Waals surface area contributed by atoms with E-state index in [1.54, 1.807) is 61.5 Å². The van der Waals surface area contributed by atoms with Crippen LogP contribution < -0.4 is 5.32 Å². The van der Waals surface area contributed by atoms with Gasteiger partial charge in [-0.1, -0.05) is 75.8 Å². The Morgan fingerprint density at radius 3 is 2.26 bits per heavy atom. The summed E-state index contributed by atoms with van der Waals surface area (Å²) in [6, 6.07) is 15.2. The zero-order valence-corrected chi connectivity index (χ0v) is 24.3. The molecule has 1 unspecified atom stereocenters. The Balaban J connectivity index is 1.32. The number of thiol groups is 1. The van der Waals surface area contributed by atoms with Crippen LogP contribution in [0.5, 0.6) is 0 Å². The molecule has 12 heteroatoms. The molecule has 1 fully saturated rings. The smallest absolute Gasteiger partial charge is 0.259 e. The highest BCUT2D eigenvalue weighted by Crippen LogP contribution is 2.57. The highest BCUT2D eigenvalue weighted by Gasteiger charge is 2.52. The fourth-order valence-electron chi connectivity index (χ4n) is 4.43. The molecule has 7 nitrogen and oxygen atoms in total. The van der Waals surface area contributed by atoms with Crippen LogP contribution in [0, 0.1) is 0 Å². The van der Waals surface area contributed by atoms with Crippen molar-refractivity contribution in [3.8, 4) is 11.5 Å². The Labute approximate surface area is 246 Å². The maximum atomic E-state index is 12.7. The van der Waals surface area contributed by atoms with Gasteiger partial charge in [0.25, 0.3) is 5.89 Å². The molecule has 1 aliphatic rings. The van der Waals surface area contributed by atoms with Gasteiger partial charge in [-0.25, -0.2) is 8.42 Å². The predicted molar refractivity (Wildman–Crippen MR) is 154 cm³/mol. The Morgan fingerprint density at radius 2 is 1.67 bits per heavy atom. The normalized spacial score (nSPS) is 14.8. The van der Waals surface area contributed by atoms with Crippen LogP contribution in [0.25, 0.3) is 11.5 Å². The first-order valence-electron chi connectivity index (χ1n) is 11.9. The van der Waals surface area contributed by atoms with Gasteiger partial charge in [-0.3, -0.25) is 4.79 Å². The topological polar surface area (TPSA) is 102 Å². The zero-order valence-electron chi connectivity index (χ0n) is 20.4. The van der Waals surface area contributed by atoms with Crippen molar-refractivity contribution in [1.82, 2.24) is 10.1 Å². The van der Waals surface area contributed by atoms with Gasteiger partial charge in [-0.2, -0.15) is 4.98 Å². The van der Waals surface area contributed by atoms with E-state index in [-0.39, 0.29) is 18.2 Å². The van der Waals surface area contributed by atoms with Crippen LogP contribution in [0.3, 0.4) is 0 Å². The molecule has 39 heavy (non-hydrogen) atoms. The lowest BCUT2D eigenvalue weighted by Gasteiger charge is -2.17. The molecule has 0 spiro atoms. The van der Waals surface area contributed by atoms with E-state index in [9.17, 15) is 13.2 Å². The second-order valence-corrected chi connectivity index (χ2v) is 12.4. The van der Waals surface area contributed by atoms with Crippen LogP contribution in [0.4, 0.5) is 5.69 Å². The lowest BCUT2D eigenvalue weighted by molar-refractivity contribution is -0.115. The van der Waals surface area contributed by atoms with Crippen molar-refractivity contribution in [3.63, 3.8) is 0 Å². The van der Waals surface area contributed by atoms with Gasteiger partial charge in [0.15, 0.2) is 5.82 Å². The van der Waals surface area contributed by atoms with Crippen molar-refractivity contribution >= 4 is 68.7 Å². The fraction of sp³-hybridized carbons (Fsp3) is 0.222. The summed E-state index contributed by atoms with van der Waals surface area (Å²) < 4.78 is 27.9. The molecule has 1 saturated carbocycles. The Morgan fingerprint density at radius 1 is 1.00 bits per heavy atom. The van der Waals surface area contributed by atoms with E-state index in [0.29, 0.717) is 48.3 Å². The van der Waals surface area contributed by atoms with Crippen molar-refractivity contribution in [2.75, 3.05) is 5.32 Å². The van der Waals surface area contributed by atoms with Gasteiger partial charge in [-0.05, 0) is 61.2 Å². The molecule has 202 valence electrons. The minimum Gasteiger partial charge on any atom is -0.334 e. The number of halogens is 4. The van der Waals surface area contributed by atoms with E-state index >= 15 is 0 Å². The summed E-state index contributed by atoms with van der Waals surface area (Å²) in [5, 5.41) is 8.06. The minimum absolute atomic E-state index is 0.0952. The van der Waals surface area contributed by atoms with Crippen molar-refractivity contribution in [2.45, 2.75) is 36.9 Å². The number of nitrogens with one attached hydrogen (secondary N) is 1. The molecule has 1 aromatic heterocycles. The quantitative estimate of drug-likeness (QED) is 0.200. The first-order valence-corrected chi connectivity index (χ1v) is 14.6. The third-order valence-corrected chi connectivity index (χ3v) is 8.79. The van der Waals surface area contributed by atoms with E-state index in [1.807, 2.05) is 0 Å². The van der Waals surface area contributed by atoms with Crippen LogP contribution in [-0.4, -0.2) is 24.5 Å². The predicted octanol–water partition coefficient (Wildman–Crippen LogP) is 7.28. The number of rotatable bonds is 8. The maximum Gasteiger partial charge on any atom is 0.259 e. The first-order chi connectivity index (χ1) is 18.6. The highest BCUT2D eigenvalue weighted by atomic mass is 35.5. The molecule has 0 bridgehead atoms. The number of anilines is 1. The number of aromatic nitrogens is 2. The number of hydrogen-bond donors (Lipinski definition) is 2. The van der Waals surface area contributed by atoms with Crippen LogP contribution in [0.15, 0.2) is 59.1 Å². The van der Waals surface area contributed by atoms with Crippen molar-refractivity contribution < 1.29 is 17.7 Å². The van der Waals surface area contributed by atoms with E-state index < -0.39 is 21.4 Å². The third-order valence-electron chi connectivity index (χ3n) is 6.71. The third kappa shape index (κ3) is 5.81. The zero-order chi connectivity index (χ0) is 27.9. The summed E-state index contributed by atoms with van der Waals surface area (Å²) in [6.45, 7) is 1.61. The SMILES string of the molecule is CC(c1ccc(CC(=O)Nc2cc(Cl)c(C3(c4noc(-c5ccc(Cl)cc5Cl)n4)CC3)c(Cl)c2)cc1)[SH](=O)=O. The lowest BCUT2D eigenvalue weighted by atomic mass is 9.94. The second-order valence-electron chi connectivity index (χ2n) is 9.37. The van der Waals surface area contributed by atoms with Gasteiger partial charge in [0.2, 0.25) is 5.91 Å². The largest absolute Gasteiger partial charge is 0.334 e. The number of amides is 1. The molecule has 1 aliphatic carbocycles. The van der Waals surface area contributed by atoms with Gasteiger partial charge >= 0.3 is 0 Å². The van der Waals surface area contributed by atoms with Crippen LogP contribution >= 0.6 is 46.4 Å². The Bertz CT molecular complexity index is 1620. The minimum atomic E-state index is -2.57. The van der Waals surface area contributed by atoms with E-state index in [0.717, 1.165) is 18.4 Å². The molecule has 1 amide bonds. The van der Waals surface area contributed by atoms with Crippen molar-refractivity contribution in [2.24, 2.45) is 0 Å². The van der Waals surface area contributed by atoms with E-state index in [2.05, 4.69) is 15.5 Å². The van der Waals surface area contributed by atoms with Gasteiger partial charge in [0.1, 0.15) is 10.7 Å². The first kappa shape index (κ1) is 27.9. The molecular formula is C27H21Cl4N3O4S. The molecule has 0 aliphatic heterocycles. The van der Waals surface area contributed by atoms with Crippen LogP contribution in [0.2, 0.25) is 20.1 Å². The summed E-state index contributed by atoms with van der Waals surface area (Å²) in [4.78, 5) is 17.3. The van der Waals surface area contributed by atoms with Crippen LogP contribution in [0.1, 0.15) is 47.5 Å². The van der Waals surface area contributed by atoms with Gasteiger partial charge in [-0.15, -0.1) is 0 Å². The average molecular weight is 625 g/mol. The molecule has 3 aromatic carbocycles. The average Bonchev–Trinajstić information content (AvgIpc) is 3.50. The summed E-state index contributed by atoms with van der Waals surface area (Å²) in [7, 11) is -2.57. The summed E-state index contributed by atoms with van der Waals surface area (Å²) in [6.07, 6.45) is 1.54. The van der Waals surface area contributed by atoms with Crippen molar-refractivity contribution in [1.29, 1.82) is 0 Å². The standard InChI is InChI=1S/C27H21Cl4N3O4S/c1-14(39(36)37)16-4-2-15(3-5-16)10-23(35)32-18-12-21(30)24(22(31)13-18)27(8-9-27)26-33-25(38-34-26)19-7-6-17(28)11-20(19)29/h2-7,11-14,39H,8-10H2,1H3,(H,32,35). The second kappa shape index (κ2) is 11.1. The molecule has 0 saturated heterocycles. The fourth-order valence-corrected chi connectivity index (χ4v) is 6.18. The highest BCUT2D eigenvalue weighted by molar-refractivity contribution is 7.72. The number of carbonyl (C=O) groups excluding carboxylic acids is 1. The van der Waals surface area contributed by atoms with Gasteiger partial charge in [0, 0.05) is 26.3 Å². The summed E-state index contributed by atoms with van der Waals surface area (Å²) in [5.41, 5.74) is 2.48. The molecular weight excluding hydrogens is 604 g/mol. The Hall–Kier alpha value is -2.62. The number of nitrogens with zero attached hydrogens (tertiary/aromatic N) is 2. The molecule has 1 atom stereocenters. The summed E-state index contributed by atoms with van der Waals surface area (Å²) >= 11 is 25.7. The Kier molecular flexibility index (Phi) is 7.95. The van der Waals surface area contributed by atoms with E-state index in [1.165, 1.54) is 0 Å². The van der Waals surface area contributed by atoms with Crippen molar-refractivity contribution in [3.05, 3.63) is 97.2 Å². The summed E-state index contributed by atoms with van der Waals surface area (Å²) in [5.74, 6) is 0.441. The number of benzene rings is 3. The van der Waals surface area contributed by atoms with Crippen LogP contribution in [-0.2, 0) is 27.3 Å². The van der Waals surface area contributed by atoms with Gasteiger partial charge < -0.3 is 9.84 Å². The molecule has 0 radical (unpaired) electrons. The lowest BCUT2D eigenvalue weighted by Crippen LogP contribution is -2.16. The number of carbonyl (C=O) groups is 1.